The van der Waals surface area contributed by atoms with Gasteiger partial charge in [0.2, 0.25) is 5.95 Å². The maximum absolute atomic E-state index is 12.9. The zero-order chi connectivity index (χ0) is 24.2. The van der Waals surface area contributed by atoms with E-state index in [1.54, 1.807) is 36.4 Å². The molecule has 0 aliphatic carbocycles. The van der Waals surface area contributed by atoms with E-state index in [1.165, 1.54) is 41.7 Å². The number of azo groups is 1. The van der Waals surface area contributed by atoms with Crippen LogP contribution in [0.5, 0.6) is 5.75 Å². The Morgan fingerprint density at radius 3 is 2.46 bits per heavy atom. The van der Waals surface area contributed by atoms with Gasteiger partial charge in [0.25, 0.3) is 11.9 Å². The van der Waals surface area contributed by atoms with Crippen molar-refractivity contribution in [2.24, 2.45) is 10.2 Å². The maximum Gasteiger partial charge on any atom is 0.261 e. The van der Waals surface area contributed by atoms with Crippen LogP contribution in [0.1, 0.15) is 15.9 Å². The van der Waals surface area contributed by atoms with Gasteiger partial charge in [-0.15, -0.1) is 10.2 Å². The van der Waals surface area contributed by atoms with Crippen molar-refractivity contribution in [3.8, 4) is 17.8 Å². The number of nitriles is 1. The lowest BCUT2D eigenvalue weighted by Crippen LogP contribution is -2.14. The average molecular weight is 462 g/mol. The van der Waals surface area contributed by atoms with Gasteiger partial charge in [0.05, 0.1) is 11.8 Å². The molecule has 0 fully saturated rings. The molecule has 2 N–H and O–H groups in total. The van der Waals surface area contributed by atoms with Crippen molar-refractivity contribution in [1.82, 2.24) is 29.7 Å². The third-order valence-corrected chi connectivity index (χ3v) is 4.88. The number of nitrogens with one attached hydrogen (secondary N) is 1. The number of benzene rings is 2. The van der Waals surface area contributed by atoms with Crippen molar-refractivity contribution < 1.29 is 9.90 Å². The molecular weight excluding hydrogens is 448 g/mol. The number of phenols is 1. The van der Waals surface area contributed by atoms with Crippen LogP contribution in [0.25, 0.3) is 16.7 Å². The fourth-order valence-electron chi connectivity index (χ4n) is 3.29. The highest BCUT2D eigenvalue weighted by molar-refractivity contribution is 6.11. The van der Waals surface area contributed by atoms with E-state index in [9.17, 15) is 15.2 Å². The zero-order valence-electron chi connectivity index (χ0n) is 17.8. The van der Waals surface area contributed by atoms with Crippen LogP contribution in [0.15, 0.2) is 83.7 Å². The molecule has 5 rings (SSSR count). The second kappa shape index (κ2) is 9.12. The predicted octanol–water partition coefficient (Wildman–Crippen LogP) is 3.85. The van der Waals surface area contributed by atoms with E-state index in [2.05, 4.69) is 40.6 Å². The summed E-state index contributed by atoms with van der Waals surface area (Å²) in [5.74, 6) is -0.695. The minimum atomic E-state index is -0.628. The summed E-state index contributed by atoms with van der Waals surface area (Å²) in [6, 6.07) is 13.8. The molecular formula is C23H14N10O2. The average Bonchev–Trinajstić information content (AvgIpc) is 3.32. The molecule has 0 unspecified atom stereocenters. The molecule has 12 nitrogen and oxygen atoms in total. The third kappa shape index (κ3) is 4.12. The van der Waals surface area contributed by atoms with E-state index in [4.69, 9.17) is 0 Å². The first-order valence-corrected chi connectivity index (χ1v) is 10.2. The van der Waals surface area contributed by atoms with E-state index in [1.807, 2.05) is 6.07 Å². The smallest absolute Gasteiger partial charge is 0.261 e. The van der Waals surface area contributed by atoms with Gasteiger partial charge in [-0.25, -0.2) is 19.9 Å². The van der Waals surface area contributed by atoms with Crippen LogP contribution in [0.3, 0.4) is 0 Å². The highest BCUT2D eigenvalue weighted by Crippen LogP contribution is 2.39. The van der Waals surface area contributed by atoms with Gasteiger partial charge in [0.1, 0.15) is 17.3 Å². The highest BCUT2D eigenvalue weighted by Gasteiger charge is 2.20. The van der Waals surface area contributed by atoms with E-state index in [0.29, 0.717) is 10.8 Å². The number of nitrogens with zero attached hydrogens (tertiary/aromatic N) is 9. The Labute approximate surface area is 197 Å². The highest BCUT2D eigenvalue weighted by atomic mass is 16.3. The Kier molecular flexibility index (Phi) is 5.55. The zero-order valence-corrected chi connectivity index (χ0v) is 17.8. The van der Waals surface area contributed by atoms with Gasteiger partial charge < -0.3 is 5.11 Å². The van der Waals surface area contributed by atoms with Crippen LogP contribution in [0.4, 0.5) is 17.5 Å². The molecule has 2 aromatic carbocycles. The monoisotopic (exact) mass is 462 g/mol. The Hall–Kier alpha value is -5.57. The molecule has 0 radical (unpaired) electrons. The molecule has 0 saturated heterocycles. The fraction of sp³-hybridized carbons (Fsp3) is 0. The van der Waals surface area contributed by atoms with Crippen molar-refractivity contribution in [3.05, 3.63) is 84.6 Å². The number of rotatable bonds is 5. The topological polar surface area (TPSA) is 167 Å². The molecule has 35 heavy (non-hydrogen) atoms. The molecule has 5 aromatic rings. The van der Waals surface area contributed by atoms with E-state index in [-0.39, 0.29) is 34.5 Å². The van der Waals surface area contributed by atoms with Crippen LogP contribution in [-0.4, -0.2) is 40.7 Å². The van der Waals surface area contributed by atoms with Crippen LogP contribution < -0.4 is 5.32 Å². The van der Waals surface area contributed by atoms with Crippen LogP contribution in [0, 0.1) is 11.3 Å². The van der Waals surface area contributed by atoms with Gasteiger partial charge in [0, 0.05) is 30.2 Å². The van der Waals surface area contributed by atoms with Crippen LogP contribution in [0.2, 0.25) is 0 Å². The summed E-state index contributed by atoms with van der Waals surface area (Å²) in [4.78, 5) is 29.1. The second-order valence-electron chi connectivity index (χ2n) is 7.02. The molecule has 0 spiro atoms. The molecule has 12 heteroatoms. The summed E-state index contributed by atoms with van der Waals surface area (Å²) in [5, 5.41) is 36.8. The summed E-state index contributed by atoms with van der Waals surface area (Å²) < 4.78 is 1.25. The van der Waals surface area contributed by atoms with Crippen LogP contribution >= 0.6 is 0 Å². The van der Waals surface area contributed by atoms with Gasteiger partial charge >= 0.3 is 0 Å². The molecule has 3 aromatic heterocycles. The SMILES string of the molecule is N#Cc1cnn(-c2ncccn2)c1/N=N/c1c(O)c(C(=O)Nc2ncccn2)cc2ccccc12. The Balaban J connectivity index is 1.61. The molecule has 0 atom stereocenters. The summed E-state index contributed by atoms with van der Waals surface area (Å²) in [6.45, 7) is 0. The number of carbonyl (C=O) groups excluding carboxylic acids is 1. The molecule has 1 amide bonds. The molecule has 0 saturated carbocycles. The molecule has 168 valence electrons. The molecule has 0 aliphatic heterocycles. The van der Waals surface area contributed by atoms with Crippen molar-refractivity contribution in [1.29, 1.82) is 5.26 Å². The number of hydrogen-bond acceptors (Lipinski definition) is 10. The van der Waals surface area contributed by atoms with Gasteiger partial charge in [0.15, 0.2) is 11.6 Å². The predicted molar refractivity (Wildman–Crippen MR) is 124 cm³/mol. The summed E-state index contributed by atoms with van der Waals surface area (Å²) >= 11 is 0. The minimum absolute atomic E-state index is 0.0350. The normalized spacial score (nSPS) is 10.9. The third-order valence-electron chi connectivity index (χ3n) is 4.88. The number of aromatic nitrogens is 6. The maximum atomic E-state index is 12.9. The number of amides is 1. The molecule has 0 bridgehead atoms. The van der Waals surface area contributed by atoms with Crippen molar-refractivity contribution in [3.63, 3.8) is 0 Å². The van der Waals surface area contributed by atoms with Gasteiger partial charge in [-0.2, -0.15) is 15.0 Å². The summed E-state index contributed by atoms with van der Waals surface area (Å²) in [7, 11) is 0. The van der Waals surface area contributed by atoms with Crippen LogP contribution in [-0.2, 0) is 0 Å². The largest absolute Gasteiger partial charge is 0.505 e. The van der Waals surface area contributed by atoms with Gasteiger partial charge in [-0.3, -0.25) is 10.1 Å². The first kappa shape index (κ1) is 21.3. The fourth-order valence-corrected chi connectivity index (χ4v) is 3.29. The summed E-state index contributed by atoms with van der Waals surface area (Å²) in [6.07, 6.45) is 7.32. The number of phenolic OH excluding ortho intramolecular Hbond substituents is 1. The minimum Gasteiger partial charge on any atom is -0.505 e. The van der Waals surface area contributed by atoms with Gasteiger partial charge in [-0.1, -0.05) is 24.3 Å². The van der Waals surface area contributed by atoms with E-state index in [0.717, 1.165) is 0 Å². The number of hydrogen-bond donors (Lipinski definition) is 2. The number of carbonyl (C=O) groups is 1. The van der Waals surface area contributed by atoms with E-state index < -0.39 is 11.7 Å². The first-order valence-electron chi connectivity index (χ1n) is 10.2. The lowest BCUT2D eigenvalue weighted by atomic mass is 10.0. The first-order chi connectivity index (χ1) is 17.2. The van der Waals surface area contributed by atoms with Crippen molar-refractivity contribution in [2.75, 3.05) is 5.32 Å². The number of aromatic hydroxyl groups is 1. The molecule has 0 aliphatic rings. The second-order valence-corrected chi connectivity index (χ2v) is 7.02. The van der Waals surface area contributed by atoms with Crippen molar-refractivity contribution >= 4 is 34.1 Å². The summed E-state index contributed by atoms with van der Waals surface area (Å²) in [5.41, 5.74) is 0.110. The number of anilines is 1. The Morgan fingerprint density at radius 1 is 1.00 bits per heavy atom. The Morgan fingerprint density at radius 2 is 1.71 bits per heavy atom. The molecule has 3 heterocycles. The standard InChI is InChI=1S/C23H14N10O2/c24-12-15-13-29-33(23-27-9-4-10-28-23)20(15)32-31-18-16-6-2-1-5-14(16)11-17(19(18)34)21(35)30-22-25-7-3-8-26-22/h1-11,13,34H,(H,25,26,30,35)/b32-31+. The lowest BCUT2D eigenvalue weighted by molar-refractivity contribution is 0.102. The van der Waals surface area contributed by atoms with Crippen molar-refractivity contribution in [2.45, 2.75) is 0 Å². The van der Waals surface area contributed by atoms with E-state index >= 15 is 0 Å². The lowest BCUT2D eigenvalue weighted by Gasteiger charge is -2.10. The Bertz CT molecular complexity index is 1610. The quantitative estimate of drug-likeness (QED) is 0.371. The number of fused-ring (bicyclic) bond motifs is 1. The van der Waals surface area contributed by atoms with Gasteiger partial charge in [-0.05, 0) is 23.6 Å².